The van der Waals surface area contributed by atoms with Gasteiger partial charge in [-0.15, -0.1) is 0 Å². The number of unbranched alkanes of at least 4 members (excludes halogenated alkanes) is 28. The normalized spacial score (nSPS) is 12.1. The third-order valence-electron chi connectivity index (χ3n) is 10.5. The first-order chi connectivity index (χ1) is 27.0. The molecular weight excluding hydrogens is 685 g/mol. The fourth-order valence-electron chi connectivity index (χ4n) is 6.82. The van der Waals surface area contributed by atoms with E-state index in [-0.39, 0.29) is 31.1 Å². The van der Waals surface area contributed by atoms with Crippen LogP contribution in [0.2, 0.25) is 0 Å². The highest BCUT2D eigenvalue weighted by Crippen LogP contribution is 2.15. The molecule has 1 unspecified atom stereocenters. The molecule has 0 aromatic carbocycles. The van der Waals surface area contributed by atoms with Gasteiger partial charge in [-0.05, 0) is 51.4 Å². The Hall–Kier alpha value is -2.11. The molecule has 0 saturated heterocycles. The van der Waals surface area contributed by atoms with Gasteiger partial charge in [0.25, 0.3) is 0 Å². The Morgan fingerprint density at radius 2 is 0.655 bits per heavy atom. The van der Waals surface area contributed by atoms with Gasteiger partial charge in [0.05, 0.1) is 0 Å². The van der Waals surface area contributed by atoms with E-state index in [1.807, 2.05) is 0 Å². The van der Waals surface area contributed by atoms with Gasteiger partial charge in [0, 0.05) is 19.3 Å². The maximum atomic E-state index is 12.7. The third kappa shape index (κ3) is 42.9. The molecule has 0 spiro atoms. The molecule has 6 nitrogen and oxygen atoms in total. The standard InChI is InChI=1S/C49H90O6/c1-4-7-10-13-16-19-21-23-25-27-28-30-33-36-39-42-48(51)54-45-46(44-53-47(50)41-38-35-32-18-15-12-9-6-3)55-49(52)43-40-37-34-31-29-26-24-22-20-17-14-11-8-5-2/h16,19,23,25,46H,4-15,17-18,20-22,24,26-45H2,1-3H3/b19-16-,25-23-. The van der Waals surface area contributed by atoms with Crippen LogP contribution in [0, 0.1) is 0 Å². The van der Waals surface area contributed by atoms with Crippen molar-refractivity contribution in [3.63, 3.8) is 0 Å². The van der Waals surface area contributed by atoms with Crippen molar-refractivity contribution in [2.24, 2.45) is 0 Å². The number of allylic oxidation sites excluding steroid dienone is 4. The quantitative estimate of drug-likeness (QED) is 0.0266. The van der Waals surface area contributed by atoms with Gasteiger partial charge in [0.15, 0.2) is 6.10 Å². The van der Waals surface area contributed by atoms with Crippen molar-refractivity contribution in [3.8, 4) is 0 Å². The van der Waals surface area contributed by atoms with Crippen molar-refractivity contribution >= 4 is 17.9 Å². The summed E-state index contributed by atoms with van der Waals surface area (Å²) in [6, 6.07) is 0. The van der Waals surface area contributed by atoms with Crippen molar-refractivity contribution in [2.45, 2.75) is 258 Å². The van der Waals surface area contributed by atoms with E-state index in [1.165, 1.54) is 135 Å². The highest BCUT2D eigenvalue weighted by atomic mass is 16.6. The maximum Gasteiger partial charge on any atom is 0.306 e. The van der Waals surface area contributed by atoms with Crippen molar-refractivity contribution < 1.29 is 28.6 Å². The lowest BCUT2D eigenvalue weighted by Crippen LogP contribution is -2.30. The van der Waals surface area contributed by atoms with Crippen LogP contribution in [0.5, 0.6) is 0 Å². The second kappa shape index (κ2) is 44.6. The summed E-state index contributed by atoms with van der Waals surface area (Å²) in [4.78, 5) is 37.7. The van der Waals surface area contributed by atoms with E-state index >= 15 is 0 Å². The Labute approximate surface area is 341 Å². The highest BCUT2D eigenvalue weighted by Gasteiger charge is 2.19. The van der Waals surface area contributed by atoms with Gasteiger partial charge in [-0.25, -0.2) is 0 Å². The van der Waals surface area contributed by atoms with Crippen LogP contribution < -0.4 is 0 Å². The van der Waals surface area contributed by atoms with Crippen LogP contribution >= 0.6 is 0 Å². The summed E-state index contributed by atoms with van der Waals surface area (Å²) in [6.07, 6.45) is 48.7. The molecule has 6 heteroatoms. The van der Waals surface area contributed by atoms with Gasteiger partial charge >= 0.3 is 17.9 Å². The second-order valence-electron chi connectivity index (χ2n) is 16.0. The lowest BCUT2D eigenvalue weighted by Gasteiger charge is -2.18. The van der Waals surface area contributed by atoms with Crippen LogP contribution in [0.15, 0.2) is 24.3 Å². The Kier molecular flexibility index (Phi) is 42.9. The first-order valence-corrected chi connectivity index (χ1v) is 23.8. The zero-order valence-corrected chi connectivity index (χ0v) is 36.7. The predicted molar refractivity (Wildman–Crippen MR) is 233 cm³/mol. The number of ether oxygens (including phenoxy) is 3. The molecule has 0 fully saturated rings. The molecule has 0 heterocycles. The molecule has 0 amide bonds. The van der Waals surface area contributed by atoms with Gasteiger partial charge < -0.3 is 14.2 Å². The van der Waals surface area contributed by atoms with Crippen LogP contribution in [0.25, 0.3) is 0 Å². The van der Waals surface area contributed by atoms with E-state index in [9.17, 15) is 14.4 Å². The molecule has 1 atom stereocenters. The fraction of sp³-hybridized carbons (Fsp3) is 0.857. The average molecular weight is 775 g/mol. The second-order valence-corrected chi connectivity index (χ2v) is 16.0. The molecule has 0 rings (SSSR count). The van der Waals surface area contributed by atoms with Crippen molar-refractivity contribution in [3.05, 3.63) is 24.3 Å². The Morgan fingerprint density at radius 3 is 1.04 bits per heavy atom. The highest BCUT2D eigenvalue weighted by molar-refractivity contribution is 5.71. The summed E-state index contributed by atoms with van der Waals surface area (Å²) >= 11 is 0. The first-order valence-electron chi connectivity index (χ1n) is 23.8. The fourth-order valence-corrected chi connectivity index (χ4v) is 6.82. The smallest absolute Gasteiger partial charge is 0.306 e. The minimum absolute atomic E-state index is 0.0721. The van der Waals surface area contributed by atoms with Gasteiger partial charge in [-0.3, -0.25) is 14.4 Å². The largest absolute Gasteiger partial charge is 0.462 e. The van der Waals surface area contributed by atoms with Gasteiger partial charge in [-0.1, -0.05) is 206 Å². The van der Waals surface area contributed by atoms with Crippen molar-refractivity contribution in [1.82, 2.24) is 0 Å². The zero-order chi connectivity index (χ0) is 40.1. The summed E-state index contributed by atoms with van der Waals surface area (Å²) in [5, 5.41) is 0. The van der Waals surface area contributed by atoms with Crippen molar-refractivity contribution in [1.29, 1.82) is 0 Å². The summed E-state index contributed by atoms with van der Waals surface area (Å²) in [5.74, 6) is -0.882. The first kappa shape index (κ1) is 52.9. The molecule has 0 aliphatic carbocycles. The lowest BCUT2D eigenvalue weighted by molar-refractivity contribution is -0.167. The molecule has 0 radical (unpaired) electrons. The molecule has 322 valence electrons. The molecule has 55 heavy (non-hydrogen) atoms. The summed E-state index contributed by atoms with van der Waals surface area (Å²) in [7, 11) is 0. The van der Waals surface area contributed by atoms with Gasteiger partial charge in [-0.2, -0.15) is 0 Å². The minimum Gasteiger partial charge on any atom is -0.462 e. The number of carbonyl (C=O) groups is 3. The van der Waals surface area contributed by atoms with E-state index in [1.54, 1.807) is 0 Å². The maximum absolute atomic E-state index is 12.7. The Bertz CT molecular complexity index is 896. The number of esters is 3. The third-order valence-corrected chi connectivity index (χ3v) is 10.5. The van der Waals surface area contributed by atoms with Crippen LogP contribution in [0.3, 0.4) is 0 Å². The van der Waals surface area contributed by atoms with Gasteiger partial charge in [0.1, 0.15) is 13.2 Å². The van der Waals surface area contributed by atoms with Crippen LogP contribution in [-0.2, 0) is 28.6 Å². The predicted octanol–water partition coefficient (Wildman–Crippen LogP) is 15.2. The Balaban J connectivity index is 4.32. The number of carbonyl (C=O) groups excluding carboxylic acids is 3. The van der Waals surface area contributed by atoms with E-state index in [2.05, 4.69) is 45.1 Å². The van der Waals surface area contributed by atoms with Crippen LogP contribution in [0.1, 0.15) is 252 Å². The minimum atomic E-state index is -0.768. The van der Waals surface area contributed by atoms with E-state index in [0.717, 1.165) is 77.0 Å². The van der Waals surface area contributed by atoms with Crippen molar-refractivity contribution in [2.75, 3.05) is 13.2 Å². The molecule has 0 aliphatic rings. The molecule has 0 aromatic heterocycles. The SMILES string of the molecule is CCCCC/C=C\C/C=C\CCCCCCCC(=O)OCC(COC(=O)CCCCCCCCCC)OC(=O)CCCCCCCCCCCCCCCC. The number of hydrogen-bond donors (Lipinski definition) is 0. The molecule has 0 aliphatic heterocycles. The Morgan fingerprint density at radius 1 is 0.364 bits per heavy atom. The molecule has 0 aromatic rings. The summed E-state index contributed by atoms with van der Waals surface area (Å²) in [6.45, 7) is 6.58. The van der Waals surface area contributed by atoms with Gasteiger partial charge in [0.2, 0.25) is 0 Å². The topological polar surface area (TPSA) is 78.9 Å². The average Bonchev–Trinajstić information content (AvgIpc) is 3.18. The van der Waals surface area contributed by atoms with Crippen LogP contribution in [-0.4, -0.2) is 37.2 Å². The van der Waals surface area contributed by atoms with Crippen LogP contribution in [0.4, 0.5) is 0 Å². The summed E-state index contributed by atoms with van der Waals surface area (Å²) < 4.78 is 16.7. The number of hydrogen-bond acceptors (Lipinski definition) is 6. The molecule has 0 bridgehead atoms. The molecule has 0 N–H and O–H groups in total. The monoisotopic (exact) mass is 775 g/mol. The van der Waals surface area contributed by atoms with E-state index in [4.69, 9.17) is 14.2 Å². The van der Waals surface area contributed by atoms with E-state index < -0.39 is 6.10 Å². The van der Waals surface area contributed by atoms with E-state index in [0.29, 0.717) is 19.3 Å². The molecule has 0 saturated carbocycles. The lowest BCUT2D eigenvalue weighted by atomic mass is 10.0. The zero-order valence-electron chi connectivity index (χ0n) is 36.7. The molecular formula is C49H90O6. The number of rotatable bonds is 43. The summed E-state index contributed by atoms with van der Waals surface area (Å²) in [5.41, 5.74) is 0.